The SMILES string of the molecule is C1CC1.O=C1Cc2ccccc2N1. The van der Waals surface area contributed by atoms with Crippen LogP contribution in [0, 0.1) is 0 Å². The third-order valence-corrected chi connectivity index (χ3v) is 2.00. The number of rotatable bonds is 0. The van der Waals surface area contributed by atoms with Crippen molar-refractivity contribution in [2.75, 3.05) is 5.32 Å². The topological polar surface area (TPSA) is 29.1 Å². The molecule has 1 fully saturated rings. The van der Waals surface area contributed by atoms with Gasteiger partial charge in [-0.2, -0.15) is 0 Å². The van der Waals surface area contributed by atoms with Gasteiger partial charge in [0.15, 0.2) is 0 Å². The first-order valence-electron chi connectivity index (χ1n) is 4.74. The molecule has 0 aromatic heterocycles. The van der Waals surface area contributed by atoms with Crippen molar-refractivity contribution in [2.45, 2.75) is 25.7 Å². The second kappa shape index (κ2) is 3.60. The maximum absolute atomic E-state index is 10.8. The van der Waals surface area contributed by atoms with E-state index >= 15 is 0 Å². The minimum absolute atomic E-state index is 0.0983. The Kier molecular flexibility index (Phi) is 2.30. The van der Waals surface area contributed by atoms with E-state index in [4.69, 9.17) is 0 Å². The lowest BCUT2D eigenvalue weighted by atomic mass is 10.2. The van der Waals surface area contributed by atoms with Crippen LogP contribution in [-0.4, -0.2) is 5.91 Å². The third kappa shape index (κ3) is 2.31. The van der Waals surface area contributed by atoms with Crippen LogP contribution in [0.2, 0.25) is 0 Å². The van der Waals surface area contributed by atoms with Gasteiger partial charge in [0.1, 0.15) is 0 Å². The Morgan fingerprint density at radius 2 is 1.77 bits per heavy atom. The Hall–Kier alpha value is -1.31. The average molecular weight is 175 g/mol. The van der Waals surface area contributed by atoms with Crippen LogP contribution in [0.3, 0.4) is 0 Å². The number of fused-ring (bicyclic) bond motifs is 1. The standard InChI is InChI=1S/C8H7NO.C3H6/c10-8-5-6-3-1-2-4-7(6)9-8;1-2-3-1/h1-4H,5H2,(H,9,10);1-3H2. The highest BCUT2D eigenvalue weighted by Crippen LogP contribution is 2.20. The number of carbonyl (C=O) groups excluding carboxylic acids is 1. The average Bonchev–Trinajstić information content (AvgIpc) is 2.93. The molecule has 1 N–H and O–H groups in total. The van der Waals surface area contributed by atoms with Crippen LogP contribution in [0.5, 0.6) is 0 Å². The number of nitrogens with one attached hydrogen (secondary N) is 1. The minimum Gasteiger partial charge on any atom is -0.326 e. The molecule has 1 aliphatic heterocycles. The molecule has 1 aromatic rings. The smallest absolute Gasteiger partial charge is 0.228 e. The summed E-state index contributed by atoms with van der Waals surface area (Å²) in [5.74, 6) is 0.0983. The fourth-order valence-corrected chi connectivity index (χ4v) is 1.16. The number of hydrogen-bond donors (Lipinski definition) is 1. The first-order chi connectivity index (χ1) is 6.36. The fraction of sp³-hybridized carbons (Fsp3) is 0.364. The van der Waals surface area contributed by atoms with Crippen LogP contribution in [0.15, 0.2) is 24.3 Å². The lowest BCUT2D eigenvalue weighted by molar-refractivity contribution is -0.115. The van der Waals surface area contributed by atoms with Crippen molar-refractivity contribution in [1.29, 1.82) is 0 Å². The highest BCUT2D eigenvalue weighted by Gasteiger charge is 2.15. The first-order valence-corrected chi connectivity index (χ1v) is 4.74. The largest absolute Gasteiger partial charge is 0.326 e. The van der Waals surface area contributed by atoms with Gasteiger partial charge in [-0.1, -0.05) is 37.5 Å². The molecule has 0 saturated heterocycles. The van der Waals surface area contributed by atoms with E-state index in [1.807, 2.05) is 24.3 Å². The van der Waals surface area contributed by atoms with Gasteiger partial charge in [0, 0.05) is 5.69 Å². The maximum Gasteiger partial charge on any atom is 0.228 e. The molecule has 1 heterocycles. The lowest BCUT2D eigenvalue weighted by Gasteiger charge is -1.93. The van der Waals surface area contributed by atoms with Gasteiger partial charge in [-0.25, -0.2) is 0 Å². The Morgan fingerprint density at radius 1 is 1.08 bits per heavy atom. The summed E-state index contributed by atoms with van der Waals surface area (Å²) in [6.07, 6.45) is 5.04. The van der Waals surface area contributed by atoms with E-state index in [-0.39, 0.29) is 5.91 Å². The van der Waals surface area contributed by atoms with E-state index in [0.29, 0.717) is 6.42 Å². The third-order valence-electron chi connectivity index (χ3n) is 2.00. The van der Waals surface area contributed by atoms with Crippen LogP contribution < -0.4 is 5.32 Å². The molecule has 0 bridgehead atoms. The molecule has 1 aliphatic carbocycles. The molecule has 2 nitrogen and oxygen atoms in total. The number of carbonyl (C=O) groups is 1. The highest BCUT2D eigenvalue weighted by atomic mass is 16.1. The van der Waals surface area contributed by atoms with Gasteiger partial charge >= 0.3 is 0 Å². The summed E-state index contributed by atoms with van der Waals surface area (Å²) in [4.78, 5) is 10.8. The maximum atomic E-state index is 10.8. The monoisotopic (exact) mass is 175 g/mol. The van der Waals surface area contributed by atoms with Crippen molar-refractivity contribution in [3.8, 4) is 0 Å². The summed E-state index contributed by atoms with van der Waals surface area (Å²) < 4.78 is 0. The molecule has 1 amide bonds. The van der Waals surface area contributed by atoms with Crippen LogP contribution in [0.1, 0.15) is 24.8 Å². The molecule has 0 spiro atoms. The quantitative estimate of drug-likeness (QED) is 0.644. The molecule has 68 valence electrons. The summed E-state index contributed by atoms with van der Waals surface area (Å²) in [5, 5.41) is 2.76. The van der Waals surface area contributed by atoms with E-state index in [1.54, 1.807) is 0 Å². The zero-order valence-electron chi connectivity index (χ0n) is 7.55. The molecular weight excluding hydrogens is 162 g/mol. The zero-order chi connectivity index (χ0) is 9.10. The van der Waals surface area contributed by atoms with Gasteiger partial charge in [0.05, 0.1) is 6.42 Å². The molecule has 0 atom stereocenters. The van der Waals surface area contributed by atoms with Crippen molar-refractivity contribution in [3.05, 3.63) is 29.8 Å². The van der Waals surface area contributed by atoms with Crippen LogP contribution in [0.25, 0.3) is 0 Å². The van der Waals surface area contributed by atoms with Crippen molar-refractivity contribution in [3.63, 3.8) is 0 Å². The summed E-state index contributed by atoms with van der Waals surface area (Å²) in [6.45, 7) is 0. The minimum atomic E-state index is 0.0983. The van der Waals surface area contributed by atoms with Crippen LogP contribution in [0.4, 0.5) is 5.69 Å². The van der Waals surface area contributed by atoms with E-state index in [0.717, 1.165) is 11.3 Å². The summed E-state index contributed by atoms with van der Waals surface area (Å²) in [5.41, 5.74) is 2.07. The summed E-state index contributed by atoms with van der Waals surface area (Å²) in [7, 11) is 0. The highest BCUT2D eigenvalue weighted by molar-refractivity contribution is 5.98. The molecule has 1 saturated carbocycles. The van der Waals surface area contributed by atoms with Gasteiger partial charge in [-0.3, -0.25) is 4.79 Å². The zero-order valence-corrected chi connectivity index (χ0v) is 7.55. The van der Waals surface area contributed by atoms with Crippen molar-refractivity contribution in [1.82, 2.24) is 0 Å². The van der Waals surface area contributed by atoms with Gasteiger partial charge < -0.3 is 5.32 Å². The predicted octanol–water partition coefficient (Wildman–Crippen LogP) is 2.35. The predicted molar refractivity (Wildman–Crippen MR) is 52.6 cm³/mol. The van der Waals surface area contributed by atoms with E-state index in [2.05, 4.69) is 5.32 Å². The Balaban J connectivity index is 0.000000185. The van der Waals surface area contributed by atoms with E-state index in [9.17, 15) is 4.79 Å². The Bertz CT molecular complexity index is 288. The van der Waals surface area contributed by atoms with Crippen LogP contribution >= 0.6 is 0 Å². The summed E-state index contributed by atoms with van der Waals surface area (Å²) >= 11 is 0. The van der Waals surface area contributed by atoms with Crippen molar-refractivity contribution >= 4 is 11.6 Å². The van der Waals surface area contributed by atoms with Gasteiger partial charge in [0.25, 0.3) is 0 Å². The Morgan fingerprint density at radius 3 is 2.38 bits per heavy atom. The molecule has 2 heteroatoms. The molecule has 3 rings (SSSR count). The first kappa shape index (κ1) is 8.30. The number of para-hydroxylation sites is 1. The Labute approximate surface area is 78.0 Å². The number of anilines is 1. The molecule has 1 aromatic carbocycles. The number of hydrogen-bond acceptors (Lipinski definition) is 1. The second-order valence-corrected chi connectivity index (χ2v) is 3.44. The fourth-order valence-electron chi connectivity index (χ4n) is 1.16. The van der Waals surface area contributed by atoms with Gasteiger partial charge in [0.2, 0.25) is 5.91 Å². The van der Waals surface area contributed by atoms with E-state index < -0.39 is 0 Å². The molecule has 2 aliphatic rings. The summed E-state index contributed by atoms with van der Waals surface area (Å²) in [6, 6.07) is 7.75. The lowest BCUT2D eigenvalue weighted by Crippen LogP contribution is -2.03. The normalized spacial score (nSPS) is 16.8. The van der Waals surface area contributed by atoms with Gasteiger partial charge in [-0.05, 0) is 11.6 Å². The van der Waals surface area contributed by atoms with Gasteiger partial charge in [-0.15, -0.1) is 0 Å². The molecular formula is C11H13NO. The molecule has 0 unspecified atom stereocenters. The molecule has 0 radical (unpaired) electrons. The van der Waals surface area contributed by atoms with Crippen molar-refractivity contribution in [2.24, 2.45) is 0 Å². The van der Waals surface area contributed by atoms with Crippen LogP contribution in [-0.2, 0) is 11.2 Å². The number of amides is 1. The number of benzene rings is 1. The van der Waals surface area contributed by atoms with Crippen molar-refractivity contribution < 1.29 is 4.79 Å². The molecule has 13 heavy (non-hydrogen) atoms. The van der Waals surface area contributed by atoms with E-state index in [1.165, 1.54) is 19.3 Å². The second-order valence-electron chi connectivity index (χ2n) is 3.44.